The number of hydrogen-bond acceptors (Lipinski definition) is 2. The third-order valence-electron chi connectivity index (χ3n) is 2.90. The molecule has 2 unspecified atom stereocenters. The lowest BCUT2D eigenvalue weighted by atomic mass is 9.99. The molecule has 1 aromatic carbocycles. The van der Waals surface area contributed by atoms with Gasteiger partial charge in [-0.1, -0.05) is 0 Å². The van der Waals surface area contributed by atoms with Gasteiger partial charge in [0.2, 0.25) is 0 Å². The Labute approximate surface area is 95.3 Å². The average molecular weight is 245 g/mol. The first kappa shape index (κ1) is 11.9. The molecule has 3 nitrogen and oxygen atoms in total. The fraction of sp³-hybridized carbons (Fsp3) is 0.364. The lowest BCUT2D eigenvalue weighted by molar-refractivity contribution is -0.141. The molecule has 0 spiro atoms. The summed E-state index contributed by atoms with van der Waals surface area (Å²) in [6.45, 7) is 0.193. The van der Waals surface area contributed by atoms with Crippen LogP contribution in [0.15, 0.2) is 12.1 Å². The molecule has 1 saturated heterocycles. The summed E-state index contributed by atoms with van der Waals surface area (Å²) in [7, 11) is 0. The van der Waals surface area contributed by atoms with Crippen molar-refractivity contribution in [2.24, 2.45) is 5.92 Å². The van der Waals surface area contributed by atoms with Gasteiger partial charge in [-0.3, -0.25) is 4.79 Å². The van der Waals surface area contributed by atoms with Gasteiger partial charge < -0.3 is 10.4 Å². The molecule has 0 amide bonds. The first-order chi connectivity index (χ1) is 7.99. The Kier molecular flexibility index (Phi) is 3.06. The van der Waals surface area contributed by atoms with E-state index in [1.807, 2.05) is 0 Å². The second-order valence-corrected chi connectivity index (χ2v) is 4.02. The Hall–Kier alpha value is -1.56. The fourth-order valence-corrected chi connectivity index (χ4v) is 1.97. The van der Waals surface area contributed by atoms with Crippen molar-refractivity contribution in [3.63, 3.8) is 0 Å². The summed E-state index contributed by atoms with van der Waals surface area (Å²) in [6.07, 6.45) is 0.164. The summed E-state index contributed by atoms with van der Waals surface area (Å²) < 4.78 is 39.1. The normalized spacial score (nSPS) is 23.9. The number of carboxylic acids is 1. The van der Waals surface area contributed by atoms with Crippen LogP contribution in [0.3, 0.4) is 0 Å². The van der Waals surface area contributed by atoms with Gasteiger partial charge in [-0.2, -0.15) is 0 Å². The molecule has 17 heavy (non-hydrogen) atoms. The predicted molar refractivity (Wildman–Crippen MR) is 52.8 cm³/mol. The molecule has 1 aliphatic heterocycles. The van der Waals surface area contributed by atoms with Gasteiger partial charge in [0.25, 0.3) is 0 Å². The van der Waals surface area contributed by atoms with Crippen molar-refractivity contribution in [2.45, 2.75) is 12.5 Å². The van der Waals surface area contributed by atoms with Gasteiger partial charge in [-0.25, -0.2) is 13.2 Å². The highest BCUT2D eigenvalue weighted by Crippen LogP contribution is 2.30. The molecule has 0 saturated carbocycles. The maximum atomic E-state index is 13.4. The predicted octanol–water partition coefficient (Wildman–Crippen LogP) is 1.84. The van der Waals surface area contributed by atoms with Gasteiger partial charge in [-0.05, 0) is 12.5 Å². The van der Waals surface area contributed by atoms with Crippen molar-refractivity contribution in [1.29, 1.82) is 0 Å². The largest absolute Gasteiger partial charge is 0.481 e. The van der Waals surface area contributed by atoms with Crippen molar-refractivity contribution < 1.29 is 23.1 Å². The van der Waals surface area contributed by atoms with Crippen molar-refractivity contribution in [3.05, 3.63) is 35.1 Å². The Bertz CT molecular complexity index is 464. The molecule has 2 N–H and O–H groups in total. The molecule has 0 aliphatic carbocycles. The summed E-state index contributed by atoms with van der Waals surface area (Å²) in [5, 5.41) is 11.6. The highest BCUT2D eigenvalue weighted by Gasteiger charge is 2.32. The summed E-state index contributed by atoms with van der Waals surface area (Å²) in [6, 6.07) is 0.652. The molecular formula is C11H10F3NO2. The summed E-state index contributed by atoms with van der Waals surface area (Å²) >= 11 is 0. The maximum absolute atomic E-state index is 13.4. The monoisotopic (exact) mass is 245 g/mol. The molecule has 6 heteroatoms. The number of rotatable bonds is 2. The minimum atomic E-state index is -1.25. The molecule has 2 rings (SSSR count). The quantitative estimate of drug-likeness (QED) is 0.781. The molecule has 0 bridgehead atoms. The first-order valence-corrected chi connectivity index (χ1v) is 5.09. The highest BCUT2D eigenvalue weighted by molar-refractivity contribution is 5.70. The van der Waals surface area contributed by atoms with Crippen LogP contribution >= 0.6 is 0 Å². The number of hydrogen-bond donors (Lipinski definition) is 2. The van der Waals surface area contributed by atoms with Crippen molar-refractivity contribution in [1.82, 2.24) is 5.32 Å². The van der Waals surface area contributed by atoms with E-state index in [1.165, 1.54) is 0 Å². The van der Waals surface area contributed by atoms with Crippen molar-refractivity contribution in [3.8, 4) is 0 Å². The molecular weight excluding hydrogens is 235 g/mol. The standard InChI is InChI=1S/C11H10F3NO2/c12-7-3-9(14)8(13)2-6(7)10-1-5(4-15-10)11(16)17/h2-3,5,10,15H,1,4H2,(H,16,17). The zero-order valence-corrected chi connectivity index (χ0v) is 8.71. The highest BCUT2D eigenvalue weighted by atomic mass is 19.2. The number of benzene rings is 1. The fourth-order valence-electron chi connectivity index (χ4n) is 1.97. The second kappa shape index (κ2) is 4.37. The molecule has 2 atom stereocenters. The van der Waals surface area contributed by atoms with Crippen LogP contribution in [0.2, 0.25) is 0 Å². The molecule has 1 aromatic rings. The number of aliphatic carboxylic acids is 1. The smallest absolute Gasteiger partial charge is 0.307 e. The molecule has 92 valence electrons. The number of carboxylic acid groups (broad SMARTS) is 1. The van der Waals surface area contributed by atoms with E-state index in [4.69, 9.17) is 5.11 Å². The van der Waals surface area contributed by atoms with Crippen molar-refractivity contribution in [2.75, 3.05) is 6.54 Å². The van der Waals surface area contributed by atoms with Crippen LogP contribution in [0.1, 0.15) is 18.0 Å². The van der Waals surface area contributed by atoms with E-state index in [9.17, 15) is 18.0 Å². The van der Waals surface area contributed by atoms with E-state index in [2.05, 4.69) is 5.32 Å². The molecule has 0 aromatic heterocycles. The lowest BCUT2D eigenvalue weighted by Gasteiger charge is -2.12. The van der Waals surface area contributed by atoms with E-state index < -0.39 is 35.4 Å². The van der Waals surface area contributed by atoms with E-state index in [0.29, 0.717) is 6.07 Å². The van der Waals surface area contributed by atoms with Crippen LogP contribution in [0, 0.1) is 23.4 Å². The molecule has 1 heterocycles. The zero-order chi connectivity index (χ0) is 12.6. The Morgan fingerprint density at radius 3 is 2.47 bits per heavy atom. The van der Waals surface area contributed by atoms with E-state index in [-0.39, 0.29) is 18.5 Å². The van der Waals surface area contributed by atoms with Crippen LogP contribution in [-0.4, -0.2) is 17.6 Å². The van der Waals surface area contributed by atoms with E-state index in [0.717, 1.165) is 6.07 Å². The van der Waals surface area contributed by atoms with Gasteiger partial charge in [0.05, 0.1) is 5.92 Å². The first-order valence-electron chi connectivity index (χ1n) is 5.09. The van der Waals surface area contributed by atoms with Gasteiger partial charge in [0, 0.05) is 24.2 Å². The Morgan fingerprint density at radius 1 is 1.24 bits per heavy atom. The van der Waals surface area contributed by atoms with Gasteiger partial charge in [0.1, 0.15) is 5.82 Å². The third kappa shape index (κ3) is 2.26. The number of halogens is 3. The summed E-state index contributed by atoms with van der Waals surface area (Å²) in [5.41, 5.74) is -0.0346. The minimum Gasteiger partial charge on any atom is -0.481 e. The number of carbonyl (C=O) groups is 1. The van der Waals surface area contributed by atoms with E-state index in [1.54, 1.807) is 0 Å². The third-order valence-corrected chi connectivity index (χ3v) is 2.90. The summed E-state index contributed by atoms with van der Waals surface area (Å²) in [4.78, 5) is 10.7. The molecule has 0 radical (unpaired) electrons. The zero-order valence-electron chi connectivity index (χ0n) is 8.71. The topological polar surface area (TPSA) is 49.3 Å². The van der Waals surface area contributed by atoms with Crippen LogP contribution in [0.4, 0.5) is 13.2 Å². The van der Waals surface area contributed by atoms with Crippen molar-refractivity contribution >= 4 is 5.97 Å². The van der Waals surface area contributed by atoms with Gasteiger partial charge in [0.15, 0.2) is 11.6 Å². The minimum absolute atomic E-state index is 0.0346. The SMILES string of the molecule is O=C(O)C1CNC(c2cc(F)c(F)cc2F)C1. The lowest BCUT2D eigenvalue weighted by Crippen LogP contribution is -2.17. The second-order valence-electron chi connectivity index (χ2n) is 4.02. The molecule has 1 aliphatic rings. The van der Waals surface area contributed by atoms with Crippen LogP contribution < -0.4 is 5.32 Å². The average Bonchev–Trinajstić information content (AvgIpc) is 2.72. The van der Waals surface area contributed by atoms with Gasteiger partial charge in [-0.15, -0.1) is 0 Å². The number of nitrogens with one attached hydrogen (secondary N) is 1. The summed E-state index contributed by atoms with van der Waals surface area (Å²) in [5.74, 6) is -4.87. The maximum Gasteiger partial charge on any atom is 0.307 e. The van der Waals surface area contributed by atoms with Crippen LogP contribution in [0.5, 0.6) is 0 Å². The Morgan fingerprint density at radius 2 is 1.88 bits per heavy atom. The van der Waals surface area contributed by atoms with Crippen LogP contribution in [0.25, 0.3) is 0 Å². The molecule has 1 fully saturated rings. The van der Waals surface area contributed by atoms with E-state index >= 15 is 0 Å². The van der Waals surface area contributed by atoms with Crippen LogP contribution in [-0.2, 0) is 4.79 Å². The Balaban J connectivity index is 2.24. The van der Waals surface area contributed by atoms with Gasteiger partial charge >= 0.3 is 5.97 Å².